The molecule has 0 saturated carbocycles. The van der Waals surface area contributed by atoms with Crippen molar-refractivity contribution in [1.82, 2.24) is 4.90 Å². The number of thiocarbonyl (C=S) groups is 1. The summed E-state index contributed by atoms with van der Waals surface area (Å²) in [5.74, 6) is 0.146. The van der Waals surface area contributed by atoms with Crippen molar-refractivity contribution in [2.24, 2.45) is 5.73 Å². The van der Waals surface area contributed by atoms with Crippen molar-refractivity contribution in [2.75, 3.05) is 13.1 Å². The third-order valence-corrected chi connectivity index (χ3v) is 3.75. The Labute approximate surface area is 115 Å². The summed E-state index contributed by atoms with van der Waals surface area (Å²) in [5, 5.41) is 0.363. The molecule has 2 nitrogen and oxygen atoms in total. The van der Waals surface area contributed by atoms with Crippen molar-refractivity contribution in [1.29, 1.82) is 0 Å². The first-order valence-corrected chi connectivity index (χ1v) is 6.50. The van der Waals surface area contributed by atoms with Gasteiger partial charge in [0.1, 0.15) is 0 Å². The number of benzene rings is 1. The summed E-state index contributed by atoms with van der Waals surface area (Å²) in [6.07, 6.45) is -2.73. The predicted molar refractivity (Wildman–Crippen MR) is 71.8 cm³/mol. The fraction of sp³-hybridized carbons (Fsp3) is 0.462. The first-order valence-electron chi connectivity index (χ1n) is 6.09. The normalized spacial score (nSPS) is 17.5. The molecule has 0 bridgehead atoms. The predicted octanol–water partition coefficient (Wildman–Crippen LogP) is 3.13. The van der Waals surface area contributed by atoms with E-state index in [0.717, 1.165) is 24.5 Å². The van der Waals surface area contributed by atoms with Gasteiger partial charge in [0.05, 0.1) is 5.56 Å². The van der Waals surface area contributed by atoms with Crippen LogP contribution in [0.3, 0.4) is 0 Å². The van der Waals surface area contributed by atoms with E-state index in [2.05, 4.69) is 0 Å². The molecule has 6 heteroatoms. The summed E-state index contributed by atoms with van der Waals surface area (Å²) in [5.41, 5.74) is 5.71. The Hall–Kier alpha value is -1.30. The monoisotopic (exact) mass is 288 g/mol. The van der Waals surface area contributed by atoms with Crippen molar-refractivity contribution in [3.05, 3.63) is 35.4 Å². The van der Waals surface area contributed by atoms with Crippen LogP contribution in [-0.4, -0.2) is 23.1 Å². The molecule has 1 aliphatic rings. The number of hydrogen-bond acceptors (Lipinski definition) is 1. The molecule has 0 aliphatic carbocycles. The van der Waals surface area contributed by atoms with E-state index in [1.54, 1.807) is 6.07 Å². The number of rotatable bonds is 1. The van der Waals surface area contributed by atoms with E-state index in [0.29, 0.717) is 18.2 Å². The van der Waals surface area contributed by atoms with Crippen LogP contribution in [0, 0.1) is 0 Å². The second kappa shape index (κ2) is 5.36. The lowest BCUT2D eigenvalue weighted by atomic mass is 9.88. The minimum absolute atomic E-state index is 0.146. The molecule has 1 aromatic carbocycles. The molecule has 2 N–H and O–H groups in total. The van der Waals surface area contributed by atoms with Gasteiger partial charge in [0, 0.05) is 13.1 Å². The number of piperidine rings is 1. The fourth-order valence-electron chi connectivity index (χ4n) is 2.40. The zero-order valence-electron chi connectivity index (χ0n) is 10.3. The molecular formula is C13H15F3N2S. The van der Waals surface area contributed by atoms with E-state index in [9.17, 15) is 13.2 Å². The third-order valence-electron chi connectivity index (χ3n) is 3.49. The lowest BCUT2D eigenvalue weighted by Crippen LogP contribution is -2.41. The van der Waals surface area contributed by atoms with Crippen LogP contribution in [-0.2, 0) is 6.18 Å². The summed E-state index contributed by atoms with van der Waals surface area (Å²) < 4.78 is 38.0. The number of hydrogen-bond donors (Lipinski definition) is 1. The standard InChI is InChI=1S/C13H15F3N2S/c14-13(15,16)11-3-1-2-10(8-11)9-4-6-18(7-5-9)12(17)19/h1-3,8-9H,4-7H2,(H2,17,19). The molecule has 104 valence electrons. The summed E-state index contributed by atoms with van der Waals surface area (Å²) in [6.45, 7) is 1.41. The van der Waals surface area contributed by atoms with E-state index >= 15 is 0 Å². The Balaban J connectivity index is 2.10. The molecule has 0 unspecified atom stereocenters. The topological polar surface area (TPSA) is 29.3 Å². The molecule has 1 heterocycles. The average Bonchev–Trinajstić information content (AvgIpc) is 2.38. The van der Waals surface area contributed by atoms with Crippen LogP contribution in [0.15, 0.2) is 24.3 Å². The van der Waals surface area contributed by atoms with Gasteiger partial charge in [0.25, 0.3) is 0 Å². The van der Waals surface area contributed by atoms with Crippen LogP contribution in [0.4, 0.5) is 13.2 Å². The zero-order valence-corrected chi connectivity index (χ0v) is 11.1. The van der Waals surface area contributed by atoms with E-state index in [-0.39, 0.29) is 5.92 Å². The zero-order chi connectivity index (χ0) is 14.0. The van der Waals surface area contributed by atoms with Crippen molar-refractivity contribution in [2.45, 2.75) is 24.9 Å². The van der Waals surface area contributed by atoms with E-state index < -0.39 is 11.7 Å². The maximum atomic E-state index is 12.7. The first kappa shape index (κ1) is 14.1. The van der Waals surface area contributed by atoms with Crippen LogP contribution in [0.1, 0.15) is 29.9 Å². The molecule has 1 fully saturated rings. The number of likely N-dealkylation sites (tertiary alicyclic amines) is 1. The molecule has 0 aromatic heterocycles. The van der Waals surface area contributed by atoms with Gasteiger partial charge in [-0.1, -0.05) is 18.2 Å². The molecule has 0 amide bonds. The van der Waals surface area contributed by atoms with Gasteiger partial charge in [-0.15, -0.1) is 0 Å². The minimum Gasteiger partial charge on any atom is -0.376 e. The van der Waals surface area contributed by atoms with Crippen molar-refractivity contribution in [3.63, 3.8) is 0 Å². The van der Waals surface area contributed by atoms with Crippen LogP contribution in [0.5, 0.6) is 0 Å². The number of alkyl halides is 3. The third kappa shape index (κ3) is 3.37. The van der Waals surface area contributed by atoms with Crippen LogP contribution in [0.2, 0.25) is 0 Å². The Morgan fingerprint density at radius 3 is 2.42 bits per heavy atom. The van der Waals surface area contributed by atoms with Gasteiger partial charge in [0.2, 0.25) is 0 Å². The van der Waals surface area contributed by atoms with Crippen molar-refractivity contribution < 1.29 is 13.2 Å². The van der Waals surface area contributed by atoms with Gasteiger partial charge < -0.3 is 10.6 Å². The lowest BCUT2D eigenvalue weighted by molar-refractivity contribution is -0.137. The van der Waals surface area contributed by atoms with Gasteiger partial charge in [0.15, 0.2) is 5.11 Å². The van der Waals surface area contributed by atoms with Crippen LogP contribution >= 0.6 is 12.2 Å². The Morgan fingerprint density at radius 1 is 1.26 bits per heavy atom. The Bertz CT molecular complexity index is 465. The molecular weight excluding hydrogens is 273 g/mol. The SMILES string of the molecule is NC(=S)N1CCC(c2cccc(C(F)(F)F)c2)CC1. The number of nitrogens with zero attached hydrogens (tertiary/aromatic N) is 1. The van der Waals surface area contributed by atoms with E-state index in [1.807, 2.05) is 4.90 Å². The molecule has 2 rings (SSSR count). The number of nitrogens with two attached hydrogens (primary N) is 1. The second-order valence-corrected chi connectivity index (χ2v) is 5.14. The van der Waals surface area contributed by atoms with Crippen LogP contribution < -0.4 is 5.73 Å². The maximum Gasteiger partial charge on any atom is 0.416 e. The summed E-state index contributed by atoms with van der Waals surface area (Å²) in [6, 6.07) is 5.59. The molecule has 0 spiro atoms. The quantitative estimate of drug-likeness (QED) is 0.805. The van der Waals surface area contributed by atoms with E-state index in [4.69, 9.17) is 18.0 Å². The molecule has 0 radical (unpaired) electrons. The minimum atomic E-state index is -4.28. The lowest BCUT2D eigenvalue weighted by Gasteiger charge is -2.32. The highest BCUT2D eigenvalue weighted by Gasteiger charge is 2.31. The Morgan fingerprint density at radius 2 is 1.89 bits per heavy atom. The van der Waals surface area contributed by atoms with Gasteiger partial charge in [-0.25, -0.2) is 0 Å². The molecule has 1 saturated heterocycles. The first-order chi connectivity index (χ1) is 8.88. The summed E-state index contributed by atoms with van der Waals surface area (Å²) in [4.78, 5) is 1.89. The highest BCUT2D eigenvalue weighted by atomic mass is 32.1. The smallest absolute Gasteiger partial charge is 0.376 e. The van der Waals surface area contributed by atoms with Gasteiger partial charge in [-0.05, 0) is 42.6 Å². The summed E-state index contributed by atoms with van der Waals surface area (Å²) >= 11 is 4.90. The molecule has 0 atom stereocenters. The summed E-state index contributed by atoms with van der Waals surface area (Å²) in [7, 11) is 0. The van der Waals surface area contributed by atoms with Crippen LogP contribution in [0.25, 0.3) is 0 Å². The maximum absolute atomic E-state index is 12.7. The van der Waals surface area contributed by atoms with Gasteiger partial charge >= 0.3 is 6.18 Å². The van der Waals surface area contributed by atoms with Gasteiger partial charge in [-0.2, -0.15) is 13.2 Å². The van der Waals surface area contributed by atoms with Crippen molar-refractivity contribution in [3.8, 4) is 0 Å². The highest BCUT2D eigenvalue weighted by Crippen LogP contribution is 2.34. The highest BCUT2D eigenvalue weighted by molar-refractivity contribution is 7.80. The van der Waals surface area contributed by atoms with Crippen molar-refractivity contribution >= 4 is 17.3 Å². The fourth-order valence-corrected chi connectivity index (χ4v) is 2.58. The molecule has 1 aliphatic heterocycles. The second-order valence-electron chi connectivity index (χ2n) is 4.72. The van der Waals surface area contributed by atoms with Gasteiger partial charge in [-0.3, -0.25) is 0 Å². The molecule has 19 heavy (non-hydrogen) atoms. The van der Waals surface area contributed by atoms with E-state index in [1.165, 1.54) is 12.1 Å². The average molecular weight is 288 g/mol. The number of halogens is 3. The molecule has 1 aromatic rings. The Kier molecular flexibility index (Phi) is 3.99. The largest absolute Gasteiger partial charge is 0.416 e.